The Morgan fingerprint density at radius 1 is 1.44 bits per heavy atom. The highest BCUT2D eigenvalue weighted by Gasteiger charge is 2.07. The van der Waals surface area contributed by atoms with Crippen molar-refractivity contribution in [3.8, 4) is 0 Å². The third-order valence-electron chi connectivity index (χ3n) is 2.51. The lowest BCUT2D eigenvalue weighted by molar-refractivity contribution is 0.713. The van der Waals surface area contributed by atoms with Crippen molar-refractivity contribution in [1.29, 1.82) is 0 Å². The second kappa shape index (κ2) is 4.78. The Bertz CT molecular complexity index is 456. The van der Waals surface area contributed by atoms with E-state index >= 15 is 0 Å². The first-order valence-corrected chi connectivity index (χ1v) is 6.53. The van der Waals surface area contributed by atoms with E-state index in [-0.39, 0.29) is 0 Å². The van der Waals surface area contributed by atoms with Crippen LogP contribution >= 0.6 is 11.3 Å². The summed E-state index contributed by atoms with van der Waals surface area (Å²) in [6.07, 6.45) is 4.84. The molecular formula is C12H17N3S. The number of imidazole rings is 1. The molecule has 16 heavy (non-hydrogen) atoms. The zero-order valence-corrected chi connectivity index (χ0v) is 10.8. The molecular weight excluding hydrogens is 218 g/mol. The van der Waals surface area contributed by atoms with Gasteiger partial charge in [-0.3, -0.25) is 0 Å². The first-order valence-electron chi connectivity index (χ1n) is 5.65. The lowest BCUT2D eigenvalue weighted by Gasteiger charge is -2.03. The molecule has 3 nitrogen and oxygen atoms in total. The van der Waals surface area contributed by atoms with Crippen LogP contribution in [-0.2, 0) is 13.0 Å². The summed E-state index contributed by atoms with van der Waals surface area (Å²) in [6.45, 7) is 7.32. The summed E-state index contributed by atoms with van der Waals surface area (Å²) in [6, 6.07) is 0. The predicted molar refractivity (Wildman–Crippen MR) is 66.9 cm³/mol. The first kappa shape index (κ1) is 11.3. The monoisotopic (exact) mass is 235 g/mol. The number of aryl methyl sites for hydroxylation is 1. The minimum absolute atomic E-state index is 0.521. The smallest absolute Gasteiger partial charge is 0.108 e. The standard InChI is InChI=1S/C12H17N3S/c1-4-11-13-5-6-15(11)7-10-8-16-12(14-10)9(2)3/h5-6,8-9H,4,7H2,1-3H3. The van der Waals surface area contributed by atoms with Crippen LogP contribution in [0.2, 0.25) is 0 Å². The predicted octanol–water partition coefficient (Wildman–Crippen LogP) is 3.07. The van der Waals surface area contributed by atoms with Gasteiger partial charge >= 0.3 is 0 Å². The zero-order chi connectivity index (χ0) is 11.5. The second-order valence-electron chi connectivity index (χ2n) is 4.16. The number of aromatic nitrogens is 3. The fourth-order valence-corrected chi connectivity index (χ4v) is 2.46. The lowest BCUT2D eigenvalue weighted by Crippen LogP contribution is -2.03. The third-order valence-corrected chi connectivity index (χ3v) is 3.71. The van der Waals surface area contributed by atoms with Crippen LogP contribution in [0, 0.1) is 0 Å². The van der Waals surface area contributed by atoms with Crippen LogP contribution in [-0.4, -0.2) is 14.5 Å². The number of rotatable bonds is 4. The molecule has 0 atom stereocenters. The summed E-state index contributed by atoms with van der Waals surface area (Å²) in [5.41, 5.74) is 1.14. The number of hydrogen-bond acceptors (Lipinski definition) is 3. The van der Waals surface area contributed by atoms with Crippen LogP contribution in [0.5, 0.6) is 0 Å². The lowest BCUT2D eigenvalue weighted by atomic mass is 10.2. The molecule has 0 aliphatic heterocycles. The summed E-state index contributed by atoms with van der Waals surface area (Å²) in [4.78, 5) is 8.94. The van der Waals surface area contributed by atoms with Gasteiger partial charge < -0.3 is 4.57 Å². The molecule has 2 heterocycles. The highest BCUT2D eigenvalue weighted by atomic mass is 32.1. The molecule has 86 valence electrons. The molecule has 0 spiro atoms. The van der Waals surface area contributed by atoms with Gasteiger partial charge in [0.25, 0.3) is 0 Å². The van der Waals surface area contributed by atoms with E-state index in [2.05, 4.69) is 40.7 Å². The quantitative estimate of drug-likeness (QED) is 0.815. The van der Waals surface area contributed by atoms with Gasteiger partial charge in [0.05, 0.1) is 17.2 Å². The van der Waals surface area contributed by atoms with Gasteiger partial charge in [0.1, 0.15) is 5.82 Å². The molecule has 0 aliphatic carbocycles. The molecule has 2 rings (SSSR count). The van der Waals surface area contributed by atoms with Crippen molar-refractivity contribution in [2.45, 2.75) is 39.7 Å². The van der Waals surface area contributed by atoms with E-state index < -0.39 is 0 Å². The van der Waals surface area contributed by atoms with E-state index in [1.807, 2.05) is 12.4 Å². The van der Waals surface area contributed by atoms with Crippen molar-refractivity contribution in [3.05, 3.63) is 34.3 Å². The third kappa shape index (κ3) is 2.32. The molecule has 0 aromatic carbocycles. The van der Waals surface area contributed by atoms with Crippen molar-refractivity contribution in [2.24, 2.45) is 0 Å². The Balaban J connectivity index is 2.14. The molecule has 0 fully saturated rings. The molecule has 0 radical (unpaired) electrons. The molecule has 0 amide bonds. The second-order valence-corrected chi connectivity index (χ2v) is 5.05. The molecule has 0 saturated heterocycles. The van der Waals surface area contributed by atoms with E-state index in [1.54, 1.807) is 11.3 Å². The number of thiazole rings is 1. The summed E-state index contributed by atoms with van der Waals surface area (Å²) >= 11 is 1.75. The highest BCUT2D eigenvalue weighted by Crippen LogP contribution is 2.19. The van der Waals surface area contributed by atoms with Crippen LogP contribution in [0.3, 0.4) is 0 Å². The van der Waals surface area contributed by atoms with Gasteiger partial charge in [0, 0.05) is 30.1 Å². The SMILES string of the molecule is CCc1nccn1Cc1csc(C(C)C)n1. The van der Waals surface area contributed by atoms with Crippen LogP contribution < -0.4 is 0 Å². The van der Waals surface area contributed by atoms with Gasteiger partial charge in [-0.15, -0.1) is 11.3 Å². The minimum Gasteiger partial charge on any atom is -0.329 e. The number of hydrogen-bond donors (Lipinski definition) is 0. The van der Waals surface area contributed by atoms with Gasteiger partial charge in [-0.05, 0) is 0 Å². The molecule has 0 bridgehead atoms. The molecule has 0 saturated carbocycles. The van der Waals surface area contributed by atoms with Gasteiger partial charge in [-0.2, -0.15) is 0 Å². The number of nitrogens with zero attached hydrogens (tertiary/aromatic N) is 3. The Morgan fingerprint density at radius 2 is 2.25 bits per heavy atom. The maximum atomic E-state index is 4.63. The average molecular weight is 235 g/mol. The summed E-state index contributed by atoms with van der Waals surface area (Å²) < 4.78 is 2.17. The summed E-state index contributed by atoms with van der Waals surface area (Å²) in [5, 5.41) is 3.36. The maximum absolute atomic E-state index is 4.63. The van der Waals surface area contributed by atoms with Crippen molar-refractivity contribution < 1.29 is 0 Å². The van der Waals surface area contributed by atoms with Gasteiger partial charge in [0.15, 0.2) is 0 Å². The van der Waals surface area contributed by atoms with E-state index in [4.69, 9.17) is 0 Å². The largest absolute Gasteiger partial charge is 0.329 e. The van der Waals surface area contributed by atoms with Gasteiger partial charge in [0.2, 0.25) is 0 Å². The minimum atomic E-state index is 0.521. The molecule has 0 unspecified atom stereocenters. The van der Waals surface area contributed by atoms with E-state index in [9.17, 15) is 0 Å². The Hall–Kier alpha value is -1.16. The van der Waals surface area contributed by atoms with Gasteiger partial charge in [-0.25, -0.2) is 9.97 Å². The normalized spacial score (nSPS) is 11.2. The summed E-state index contributed by atoms with van der Waals surface area (Å²) in [7, 11) is 0. The maximum Gasteiger partial charge on any atom is 0.108 e. The molecule has 2 aromatic heterocycles. The highest BCUT2D eigenvalue weighted by molar-refractivity contribution is 7.09. The fourth-order valence-electron chi connectivity index (χ4n) is 1.63. The van der Waals surface area contributed by atoms with Crippen molar-refractivity contribution >= 4 is 11.3 Å². The molecule has 0 N–H and O–H groups in total. The van der Waals surface area contributed by atoms with E-state index in [0.717, 1.165) is 24.5 Å². The van der Waals surface area contributed by atoms with Gasteiger partial charge in [-0.1, -0.05) is 20.8 Å². The van der Waals surface area contributed by atoms with Crippen LogP contribution in [0.15, 0.2) is 17.8 Å². The summed E-state index contributed by atoms with van der Waals surface area (Å²) in [5.74, 6) is 1.64. The van der Waals surface area contributed by atoms with Crippen molar-refractivity contribution in [3.63, 3.8) is 0 Å². The zero-order valence-electron chi connectivity index (χ0n) is 9.97. The Morgan fingerprint density at radius 3 is 2.88 bits per heavy atom. The molecule has 0 aliphatic rings. The van der Waals surface area contributed by atoms with E-state index in [0.29, 0.717) is 5.92 Å². The fraction of sp³-hybridized carbons (Fsp3) is 0.500. The topological polar surface area (TPSA) is 30.7 Å². The van der Waals surface area contributed by atoms with Crippen molar-refractivity contribution in [1.82, 2.24) is 14.5 Å². The Labute approximate surface area is 100 Å². The van der Waals surface area contributed by atoms with Crippen LogP contribution in [0.1, 0.15) is 43.2 Å². The van der Waals surface area contributed by atoms with Crippen LogP contribution in [0.4, 0.5) is 0 Å². The van der Waals surface area contributed by atoms with Crippen molar-refractivity contribution in [2.75, 3.05) is 0 Å². The molecule has 4 heteroatoms. The van der Waals surface area contributed by atoms with Crippen LogP contribution in [0.25, 0.3) is 0 Å². The first-order chi connectivity index (χ1) is 7.70. The molecule has 2 aromatic rings. The van der Waals surface area contributed by atoms with E-state index in [1.165, 1.54) is 5.01 Å². The Kier molecular flexibility index (Phi) is 3.39. The average Bonchev–Trinajstić information content (AvgIpc) is 2.87.